The summed E-state index contributed by atoms with van der Waals surface area (Å²) in [6.07, 6.45) is 5.45. The van der Waals surface area contributed by atoms with Crippen molar-refractivity contribution in [2.24, 2.45) is 7.05 Å². The van der Waals surface area contributed by atoms with Crippen molar-refractivity contribution >= 4 is 5.69 Å². The van der Waals surface area contributed by atoms with E-state index in [1.54, 1.807) is 12.4 Å². The Balaban J connectivity index is 2.06. The minimum Gasteiger partial charge on any atom is -0.379 e. The van der Waals surface area contributed by atoms with E-state index in [1.165, 1.54) is 0 Å². The van der Waals surface area contributed by atoms with Crippen LogP contribution < -0.4 is 5.32 Å². The van der Waals surface area contributed by atoms with E-state index in [0.717, 1.165) is 23.5 Å². The van der Waals surface area contributed by atoms with Crippen molar-refractivity contribution in [3.05, 3.63) is 42.0 Å². The van der Waals surface area contributed by atoms with Crippen LogP contribution in [0.5, 0.6) is 0 Å². The molecule has 4 nitrogen and oxygen atoms in total. The fourth-order valence-corrected chi connectivity index (χ4v) is 1.43. The number of nitrogens with zero attached hydrogens (tertiary/aromatic N) is 3. The molecule has 0 fully saturated rings. The first-order chi connectivity index (χ1) is 7.27. The van der Waals surface area contributed by atoms with E-state index in [0.29, 0.717) is 0 Å². The highest BCUT2D eigenvalue weighted by atomic mass is 15.3. The van der Waals surface area contributed by atoms with Crippen LogP contribution in [0.15, 0.2) is 30.7 Å². The lowest BCUT2D eigenvalue weighted by Crippen LogP contribution is -2.06. The lowest BCUT2D eigenvalue weighted by Gasteiger charge is -2.08. The molecule has 0 saturated carbocycles. The SMILES string of the molecule is Cc1cnccc1NCc1ccnn1C. The average molecular weight is 202 g/mol. The number of pyridine rings is 1. The largest absolute Gasteiger partial charge is 0.379 e. The van der Waals surface area contributed by atoms with Gasteiger partial charge in [-0.1, -0.05) is 0 Å². The van der Waals surface area contributed by atoms with E-state index in [1.807, 2.05) is 37.0 Å². The Morgan fingerprint density at radius 1 is 1.33 bits per heavy atom. The Hall–Kier alpha value is -1.84. The van der Waals surface area contributed by atoms with Gasteiger partial charge in [-0.2, -0.15) is 5.10 Å². The van der Waals surface area contributed by atoms with Crippen molar-refractivity contribution in [3.8, 4) is 0 Å². The van der Waals surface area contributed by atoms with Crippen LogP contribution in [0.2, 0.25) is 0 Å². The molecule has 78 valence electrons. The maximum absolute atomic E-state index is 4.12. The second kappa shape index (κ2) is 4.13. The first-order valence-corrected chi connectivity index (χ1v) is 4.89. The molecule has 1 N–H and O–H groups in total. The smallest absolute Gasteiger partial charge is 0.0571 e. The summed E-state index contributed by atoms with van der Waals surface area (Å²) in [4.78, 5) is 4.05. The summed E-state index contributed by atoms with van der Waals surface area (Å²) in [5.41, 5.74) is 3.43. The van der Waals surface area contributed by atoms with Gasteiger partial charge in [0.25, 0.3) is 0 Å². The zero-order valence-electron chi connectivity index (χ0n) is 8.94. The summed E-state index contributed by atoms with van der Waals surface area (Å²) in [5.74, 6) is 0. The van der Waals surface area contributed by atoms with Gasteiger partial charge in [-0.05, 0) is 24.6 Å². The molecule has 2 aromatic rings. The third kappa shape index (κ3) is 2.15. The molecule has 0 spiro atoms. The number of hydrogen-bond donors (Lipinski definition) is 1. The minimum atomic E-state index is 0.779. The molecular weight excluding hydrogens is 188 g/mol. The molecule has 0 aliphatic heterocycles. The van der Waals surface area contributed by atoms with Gasteiger partial charge in [0.15, 0.2) is 0 Å². The molecule has 0 bridgehead atoms. The summed E-state index contributed by atoms with van der Waals surface area (Å²) >= 11 is 0. The summed E-state index contributed by atoms with van der Waals surface area (Å²) < 4.78 is 1.86. The van der Waals surface area contributed by atoms with E-state index in [9.17, 15) is 0 Å². The van der Waals surface area contributed by atoms with Crippen LogP contribution >= 0.6 is 0 Å². The van der Waals surface area contributed by atoms with Gasteiger partial charge in [-0.25, -0.2) is 0 Å². The molecule has 0 radical (unpaired) electrons. The van der Waals surface area contributed by atoms with Crippen LogP contribution in [0.1, 0.15) is 11.3 Å². The Labute approximate surface area is 89.0 Å². The Morgan fingerprint density at radius 2 is 2.20 bits per heavy atom. The lowest BCUT2D eigenvalue weighted by atomic mass is 10.2. The molecule has 0 aliphatic carbocycles. The van der Waals surface area contributed by atoms with E-state index >= 15 is 0 Å². The van der Waals surface area contributed by atoms with Crippen LogP contribution in [0.4, 0.5) is 5.69 Å². The molecule has 15 heavy (non-hydrogen) atoms. The normalized spacial score (nSPS) is 10.3. The van der Waals surface area contributed by atoms with E-state index in [2.05, 4.69) is 15.4 Å². The van der Waals surface area contributed by atoms with Crippen LogP contribution in [0, 0.1) is 6.92 Å². The predicted octanol–water partition coefficient (Wildman–Crippen LogP) is 1.74. The standard InChI is InChI=1S/C11H14N4/c1-9-7-12-5-4-11(9)13-8-10-3-6-14-15(10)2/h3-7H,8H2,1-2H3,(H,12,13). The Bertz CT molecular complexity index is 447. The van der Waals surface area contributed by atoms with Crippen molar-refractivity contribution in [1.29, 1.82) is 0 Å². The van der Waals surface area contributed by atoms with Crippen molar-refractivity contribution in [2.45, 2.75) is 13.5 Å². The van der Waals surface area contributed by atoms with Gasteiger partial charge in [0.05, 0.1) is 12.2 Å². The number of aromatic nitrogens is 3. The molecule has 0 aromatic carbocycles. The quantitative estimate of drug-likeness (QED) is 0.824. The monoisotopic (exact) mass is 202 g/mol. The van der Waals surface area contributed by atoms with E-state index in [-0.39, 0.29) is 0 Å². The minimum absolute atomic E-state index is 0.779. The van der Waals surface area contributed by atoms with Gasteiger partial charge in [-0.15, -0.1) is 0 Å². The maximum Gasteiger partial charge on any atom is 0.0571 e. The molecule has 2 aromatic heterocycles. The van der Waals surface area contributed by atoms with Crippen LogP contribution in [0.25, 0.3) is 0 Å². The molecular formula is C11H14N4. The molecule has 0 saturated heterocycles. The summed E-state index contributed by atoms with van der Waals surface area (Å²) in [7, 11) is 1.94. The molecule has 0 unspecified atom stereocenters. The highest BCUT2D eigenvalue weighted by molar-refractivity contribution is 5.48. The fourth-order valence-electron chi connectivity index (χ4n) is 1.43. The predicted molar refractivity (Wildman–Crippen MR) is 59.5 cm³/mol. The molecule has 2 heterocycles. The molecule has 0 atom stereocenters. The highest BCUT2D eigenvalue weighted by Gasteiger charge is 1.99. The van der Waals surface area contributed by atoms with Gasteiger partial charge in [-0.3, -0.25) is 9.67 Å². The average Bonchev–Trinajstić information content (AvgIpc) is 2.63. The number of rotatable bonds is 3. The van der Waals surface area contributed by atoms with E-state index < -0.39 is 0 Å². The van der Waals surface area contributed by atoms with Gasteiger partial charge >= 0.3 is 0 Å². The first-order valence-electron chi connectivity index (χ1n) is 4.89. The maximum atomic E-state index is 4.12. The molecule has 4 heteroatoms. The zero-order valence-corrected chi connectivity index (χ0v) is 8.94. The Morgan fingerprint density at radius 3 is 2.87 bits per heavy atom. The van der Waals surface area contributed by atoms with Crippen molar-refractivity contribution in [2.75, 3.05) is 5.32 Å². The van der Waals surface area contributed by atoms with Gasteiger partial charge in [0.2, 0.25) is 0 Å². The first kappa shape index (κ1) is 9.71. The number of nitrogens with one attached hydrogen (secondary N) is 1. The summed E-state index contributed by atoms with van der Waals surface area (Å²) in [6.45, 7) is 2.82. The highest BCUT2D eigenvalue weighted by Crippen LogP contribution is 2.12. The van der Waals surface area contributed by atoms with E-state index in [4.69, 9.17) is 0 Å². The summed E-state index contributed by atoms with van der Waals surface area (Å²) in [6, 6.07) is 3.98. The Kier molecular flexibility index (Phi) is 2.67. The van der Waals surface area contributed by atoms with Crippen molar-refractivity contribution in [1.82, 2.24) is 14.8 Å². The summed E-state index contributed by atoms with van der Waals surface area (Å²) in [5, 5.41) is 7.47. The van der Waals surface area contributed by atoms with Crippen LogP contribution in [-0.4, -0.2) is 14.8 Å². The van der Waals surface area contributed by atoms with Gasteiger partial charge < -0.3 is 5.32 Å². The van der Waals surface area contributed by atoms with Gasteiger partial charge in [0, 0.05) is 31.3 Å². The third-order valence-electron chi connectivity index (χ3n) is 2.40. The van der Waals surface area contributed by atoms with Crippen LogP contribution in [0.3, 0.4) is 0 Å². The van der Waals surface area contributed by atoms with Gasteiger partial charge in [0.1, 0.15) is 0 Å². The topological polar surface area (TPSA) is 42.7 Å². The molecule has 0 amide bonds. The fraction of sp³-hybridized carbons (Fsp3) is 0.273. The second-order valence-corrected chi connectivity index (χ2v) is 3.49. The second-order valence-electron chi connectivity index (χ2n) is 3.49. The van der Waals surface area contributed by atoms with Crippen LogP contribution in [-0.2, 0) is 13.6 Å². The van der Waals surface area contributed by atoms with Crippen molar-refractivity contribution in [3.63, 3.8) is 0 Å². The van der Waals surface area contributed by atoms with Crippen molar-refractivity contribution < 1.29 is 0 Å². The number of aryl methyl sites for hydroxylation is 2. The number of anilines is 1. The zero-order chi connectivity index (χ0) is 10.7. The lowest BCUT2D eigenvalue weighted by molar-refractivity contribution is 0.720. The third-order valence-corrected chi connectivity index (χ3v) is 2.40. The molecule has 0 aliphatic rings. The molecule has 2 rings (SSSR count). The number of hydrogen-bond acceptors (Lipinski definition) is 3.